The van der Waals surface area contributed by atoms with E-state index >= 15 is 0 Å². The predicted molar refractivity (Wildman–Crippen MR) is 95.7 cm³/mol. The van der Waals surface area contributed by atoms with Crippen LogP contribution in [0.5, 0.6) is 0 Å². The molecule has 4 rings (SSSR count). The quantitative estimate of drug-likeness (QED) is 0.755. The number of aliphatic hydroxyl groups excluding tert-OH is 1. The van der Waals surface area contributed by atoms with Crippen LogP contribution in [-0.2, 0) is 6.42 Å². The highest BCUT2D eigenvalue weighted by Gasteiger charge is 2.16. The van der Waals surface area contributed by atoms with E-state index in [1.54, 1.807) is 0 Å². The van der Waals surface area contributed by atoms with Crippen molar-refractivity contribution >= 4 is 22.6 Å². The molecule has 0 aliphatic carbocycles. The number of nitrogens with zero attached hydrogens (tertiary/aromatic N) is 1. The van der Waals surface area contributed by atoms with Gasteiger partial charge in [-0.05, 0) is 34.0 Å². The molecule has 3 aromatic carbocycles. The molecule has 0 aromatic heterocycles. The van der Waals surface area contributed by atoms with E-state index in [9.17, 15) is 5.11 Å². The van der Waals surface area contributed by atoms with Gasteiger partial charge >= 0.3 is 0 Å². The molecule has 0 spiro atoms. The first kappa shape index (κ1) is 13.9. The molecular formula is C21H17NO. The van der Waals surface area contributed by atoms with Crippen LogP contribution in [0.1, 0.15) is 16.7 Å². The molecule has 3 aromatic rings. The highest BCUT2D eigenvalue weighted by molar-refractivity contribution is 6.12. The molecule has 2 nitrogen and oxygen atoms in total. The highest BCUT2D eigenvalue weighted by atomic mass is 16.3. The highest BCUT2D eigenvalue weighted by Crippen LogP contribution is 2.21. The van der Waals surface area contributed by atoms with E-state index < -0.39 is 6.23 Å². The molecule has 1 unspecified atom stereocenters. The summed E-state index contributed by atoms with van der Waals surface area (Å²) < 4.78 is 0. The molecule has 23 heavy (non-hydrogen) atoms. The van der Waals surface area contributed by atoms with Crippen molar-refractivity contribution in [1.82, 2.24) is 0 Å². The monoisotopic (exact) mass is 299 g/mol. The number of aliphatic hydroxyl groups is 1. The summed E-state index contributed by atoms with van der Waals surface area (Å²) in [6.45, 7) is 0. The van der Waals surface area contributed by atoms with E-state index in [0.717, 1.165) is 22.4 Å². The van der Waals surface area contributed by atoms with E-state index in [0.29, 0.717) is 6.42 Å². The Hall–Kier alpha value is -2.71. The molecule has 1 heterocycles. The van der Waals surface area contributed by atoms with Crippen molar-refractivity contribution in [3.63, 3.8) is 0 Å². The number of fused-ring (bicyclic) bond motifs is 2. The standard InChI is InChI=1S/C21H17NO/c23-21-14-18-7-3-4-8-19(18)20(22-21)12-10-15-9-11-16-5-1-2-6-17(16)13-15/h1-13,21,23H,14H2/b12-10+. The second kappa shape index (κ2) is 5.82. The van der Waals surface area contributed by atoms with E-state index in [1.165, 1.54) is 10.8 Å². The summed E-state index contributed by atoms with van der Waals surface area (Å²) in [6.07, 6.45) is 3.98. The fourth-order valence-corrected chi connectivity index (χ4v) is 3.04. The van der Waals surface area contributed by atoms with Gasteiger partial charge in [0.05, 0.1) is 5.71 Å². The molecule has 1 N–H and O–H groups in total. The van der Waals surface area contributed by atoms with Crippen molar-refractivity contribution in [2.45, 2.75) is 12.6 Å². The Morgan fingerprint density at radius 1 is 0.870 bits per heavy atom. The Labute approximate surface area is 135 Å². The Balaban J connectivity index is 1.69. The van der Waals surface area contributed by atoms with Crippen LogP contribution in [0, 0.1) is 0 Å². The Kier molecular flexibility index (Phi) is 3.52. The smallest absolute Gasteiger partial charge is 0.149 e. The Morgan fingerprint density at radius 2 is 1.65 bits per heavy atom. The maximum Gasteiger partial charge on any atom is 0.149 e. The Bertz CT molecular complexity index is 924. The zero-order valence-electron chi connectivity index (χ0n) is 12.7. The van der Waals surface area contributed by atoms with Gasteiger partial charge < -0.3 is 5.11 Å². The zero-order chi connectivity index (χ0) is 15.6. The number of allylic oxidation sites excluding steroid dienone is 1. The van der Waals surface area contributed by atoms with Crippen LogP contribution in [0.2, 0.25) is 0 Å². The first-order chi connectivity index (χ1) is 11.3. The van der Waals surface area contributed by atoms with Crippen molar-refractivity contribution in [3.8, 4) is 0 Å². The summed E-state index contributed by atoms with van der Waals surface area (Å²) in [6, 6.07) is 22.8. The molecule has 1 aliphatic rings. The van der Waals surface area contributed by atoms with Gasteiger partial charge in [-0.15, -0.1) is 0 Å². The molecule has 0 saturated carbocycles. The van der Waals surface area contributed by atoms with Crippen LogP contribution in [-0.4, -0.2) is 17.0 Å². The molecule has 0 amide bonds. The van der Waals surface area contributed by atoms with Gasteiger partial charge in [0.1, 0.15) is 6.23 Å². The second-order valence-corrected chi connectivity index (χ2v) is 5.80. The molecular weight excluding hydrogens is 282 g/mol. The first-order valence-electron chi connectivity index (χ1n) is 7.81. The molecule has 1 atom stereocenters. The molecule has 0 bridgehead atoms. The molecule has 2 heteroatoms. The van der Waals surface area contributed by atoms with Crippen LogP contribution in [0.25, 0.3) is 16.8 Å². The minimum Gasteiger partial charge on any atom is -0.371 e. The third-order valence-corrected chi connectivity index (χ3v) is 4.19. The van der Waals surface area contributed by atoms with Gasteiger partial charge in [0, 0.05) is 12.0 Å². The van der Waals surface area contributed by atoms with Gasteiger partial charge in [-0.1, -0.05) is 66.7 Å². The van der Waals surface area contributed by atoms with E-state index in [2.05, 4.69) is 53.5 Å². The van der Waals surface area contributed by atoms with Gasteiger partial charge in [0.2, 0.25) is 0 Å². The molecule has 0 saturated heterocycles. The Morgan fingerprint density at radius 3 is 2.57 bits per heavy atom. The van der Waals surface area contributed by atoms with Gasteiger partial charge in [-0.3, -0.25) is 4.99 Å². The van der Waals surface area contributed by atoms with E-state index in [1.807, 2.05) is 30.3 Å². The number of hydrogen-bond acceptors (Lipinski definition) is 2. The zero-order valence-corrected chi connectivity index (χ0v) is 12.7. The van der Waals surface area contributed by atoms with Crippen LogP contribution in [0.3, 0.4) is 0 Å². The average Bonchev–Trinajstić information content (AvgIpc) is 2.59. The normalized spacial score (nSPS) is 17.3. The number of hydrogen-bond donors (Lipinski definition) is 1. The van der Waals surface area contributed by atoms with Crippen molar-refractivity contribution in [2.24, 2.45) is 4.99 Å². The fraction of sp³-hybridized carbons (Fsp3) is 0.0952. The molecule has 0 radical (unpaired) electrons. The summed E-state index contributed by atoms with van der Waals surface area (Å²) in [5.74, 6) is 0. The van der Waals surface area contributed by atoms with Gasteiger partial charge in [-0.25, -0.2) is 0 Å². The molecule has 0 fully saturated rings. The van der Waals surface area contributed by atoms with E-state index in [-0.39, 0.29) is 0 Å². The van der Waals surface area contributed by atoms with Gasteiger partial charge in [0.15, 0.2) is 0 Å². The molecule has 1 aliphatic heterocycles. The minimum atomic E-state index is -0.652. The van der Waals surface area contributed by atoms with Crippen molar-refractivity contribution in [2.75, 3.05) is 0 Å². The number of aliphatic imine (C=N–C) groups is 1. The SMILES string of the molecule is OC1Cc2ccccc2C(/C=C/c2ccc3ccccc3c2)=N1. The second-order valence-electron chi connectivity index (χ2n) is 5.80. The lowest BCUT2D eigenvalue weighted by molar-refractivity contribution is 0.183. The van der Waals surface area contributed by atoms with Crippen LogP contribution in [0.4, 0.5) is 0 Å². The lowest BCUT2D eigenvalue weighted by Crippen LogP contribution is -2.19. The summed E-state index contributed by atoms with van der Waals surface area (Å²) in [5, 5.41) is 12.4. The summed E-state index contributed by atoms with van der Waals surface area (Å²) in [5.41, 5.74) is 4.22. The van der Waals surface area contributed by atoms with Crippen LogP contribution in [0.15, 0.2) is 77.8 Å². The lowest BCUT2D eigenvalue weighted by Gasteiger charge is -2.18. The van der Waals surface area contributed by atoms with Gasteiger partial charge in [-0.2, -0.15) is 0 Å². The van der Waals surface area contributed by atoms with Crippen molar-refractivity contribution in [1.29, 1.82) is 0 Å². The minimum absolute atomic E-state index is 0.587. The third kappa shape index (κ3) is 2.81. The fourth-order valence-electron chi connectivity index (χ4n) is 3.04. The molecule has 112 valence electrons. The summed E-state index contributed by atoms with van der Waals surface area (Å²) in [4.78, 5) is 4.39. The number of rotatable bonds is 2. The largest absolute Gasteiger partial charge is 0.371 e. The van der Waals surface area contributed by atoms with Crippen LogP contribution < -0.4 is 0 Å². The maximum atomic E-state index is 9.94. The average molecular weight is 299 g/mol. The van der Waals surface area contributed by atoms with Gasteiger partial charge in [0.25, 0.3) is 0 Å². The summed E-state index contributed by atoms with van der Waals surface area (Å²) >= 11 is 0. The van der Waals surface area contributed by atoms with E-state index in [4.69, 9.17) is 0 Å². The summed E-state index contributed by atoms with van der Waals surface area (Å²) in [7, 11) is 0. The maximum absolute atomic E-state index is 9.94. The lowest BCUT2D eigenvalue weighted by atomic mass is 9.96. The van der Waals surface area contributed by atoms with Crippen molar-refractivity contribution in [3.05, 3.63) is 89.5 Å². The topological polar surface area (TPSA) is 32.6 Å². The third-order valence-electron chi connectivity index (χ3n) is 4.19. The van der Waals surface area contributed by atoms with Crippen LogP contribution >= 0.6 is 0 Å². The number of benzene rings is 3. The first-order valence-corrected chi connectivity index (χ1v) is 7.81. The van der Waals surface area contributed by atoms with Crippen molar-refractivity contribution < 1.29 is 5.11 Å². The predicted octanol–water partition coefficient (Wildman–Crippen LogP) is 4.22.